The zero-order valence-electron chi connectivity index (χ0n) is 11.6. The van der Waals surface area contributed by atoms with Crippen molar-refractivity contribution in [1.29, 1.82) is 0 Å². The van der Waals surface area contributed by atoms with E-state index in [-0.39, 0.29) is 5.91 Å². The Balaban J connectivity index is 1.74. The van der Waals surface area contributed by atoms with Gasteiger partial charge in [-0.15, -0.1) is 11.3 Å². The van der Waals surface area contributed by atoms with E-state index in [9.17, 15) is 4.79 Å². The van der Waals surface area contributed by atoms with Gasteiger partial charge in [-0.2, -0.15) is 0 Å². The Morgan fingerprint density at radius 2 is 2.30 bits per heavy atom. The first kappa shape index (κ1) is 13.3. The van der Waals surface area contributed by atoms with Crippen molar-refractivity contribution in [2.24, 2.45) is 5.92 Å². The first-order chi connectivity index (χ1) is 9.74. The molecule has 4 heteroatoms. The molecule has 1 amide bonds. The number of aromatic nitrogens is 1. The number of benzene rings is 1. The summed E-state index contributed by atoms with van der Waals surface area (Å²) in [6, 6.07) is 8.25. The lowest BCUT2D eigenvalue weighted by Crippen LogP contribution is -2.39. The highest BCUT2D eigenvalue weighted by atomic mass is 32.1. The second-order valence-electron chi connectivity index (χ2n) is 5.42. The molecule has 0 saturated heterocycles. The molecule has 1 aromatic heterocycles. The maximum absolute atomic E-state index is 12.5. The minimum atomic E-state index is 0.206. The first-order valence-corrected chi connectivity index (χ1v) is 7.93. The normalized spacial score (nSPS) is 17.9. The summed E-state index contributed by atoms with van der Waals surface area (Å²) in [4.78, 5) is 18.7. The van der Waals surface area contributed by atoms with E-state index in [0.717, 1.165) is 30.8 Å². The van der Waals surface area contributed by atoms with E-state index in [2.05, 4.69) is 30.1 Å². The van der Waals surface area contributed by atoms with Crippen LogP contribution in [0.15, 0.2) is 35.2 Å². The molecule has 1 aromatic carbocycles. The van der Waals surface area contributed by atoms with E-state index in [4.69, 9.17) is 0 Å². The quantitative estimate of drug-likeness (QED) is 0.867. The van der Waals surface area contributed by atoms with Gasteiger partial charge in [0.15, 0.2) is 0 Å². The number of anilines is 1. The van der Waals surface area contributed by atoms with Crippen LogP contribution in [0.5, 0.6) is 0 Å². The Kier molecular flexibility index (Phi) is 3.83. The van der Waals surface area contributed by atoms with Crippen LogP contribution in [0.4, 0.5) is 5.69 Å². The summed E-state index contributed by atoms with van der Waals surface area (Å²) in [5.41, 5.74) is 5.21. The van der Waals surface area contributed by atoms with Crippen LogP contribution in [0.25, 0.3) is 0 Å². The number of carbonyl (C=O) groups is 1. The fourth-order valence-corrected chi connectivity index (χ4v) is 3.36. The predicted molar refractivity (Wildman–Crippen MR) is 82.1 cm³/mol. The van der Waals surface area contributed by atoms with Crippen molar-refractivity contribution in [2.75, 3.05) is 11.4 Å². The van der Waals surface area contributed by atoms with Crippen molar-refractivity contribution >= 4 is 22.9 Å². The van der Waals surface area contributed by atoms with Crippen LogP contribution in [0, 0.1) is 5.92 Å². The van der Waals surface area contributed by atoms with Crippen LogP contribution in [-0.2, 0) is 17.6 Å². The number of fused-ring (bicyclic) bond motifs is 1. The molecule has 20 heavy (non-hydrogen) atoms. The number of para-hydroxylation sites is 1. The minimum Gasteiger partial charge on any atom is -0.312 e. The third kappa shape index (κ3) is 2.75. The maximum Gasteiger partial charge on any atom is 0.227 e. The summed E-state index contributed by atoms with van der Waals surface area (Å²) in [7, 11) is 0. The van der Waals surface area contributed by atoms with Crippen molar-refractivity contribution in [2.45, 2.75) is 26.2 Å². The first-order valence-electron chi connectivity index (χ1n) is 6.99. The highest BCUT2D eigenvalue weighted by Gasteiger charge is 2.25. The number of hydrogen-bond acceptors (Lipinski definition) is 3. The average Bonchev–Trinajstić information content (AvgIpc) is 2.97. The third-order valence-electron chi connectivity index (χ3n) is 3.72. The van der Waals surface area contributed by atoms with Gasteiger partial charge in [0.05, 0.1) is 11.2 Å². The number of carbonyl (C=O) groups excluding carboxylic acids is 1. The van der Waals surface area contributed by atoms with Gasteiger partial charge in [-0.1, -0.05) is 25.1 Å². The van der Waals surface area contributed by atoms with Gasteiger partial charge >= 0.3 is 0 Å². The zero-order valence-corrected chi connectivity index (χ0v) is 12.4. The number of amides is 1. The Morgan fingerprint density at radius 3 is 3.10 bits per heavy atom. The predicted octanol–water partition coefficient (Wildman–Crippen LogP) is 3.30. The van der Waals surface area contributed by atoms with Gasteiger partial charge in [0.2, 0.25) is 5.91 Å². The van der Waals surface area contributed by atoms with Crippen molar-refractivity contribution < 1.29 is 4.79 Å². The summed E-state index contributed by atoms with van der Waals surface area (Å²) in [5.74, 6) is 0.727. The van der Waals surface area contributed by atoms with E-state index in [1.54, 1.807) is 11.3 Å². The van der Waals surface area contributed by atoms with Crippen LogP contribution in [0.1, 0.15) is 24.6 Å². The van der Waals surface area contributed by atoms with Crippen molar-refractivity contribution in [1.82, 2.24) is 4.98 Å². The molecule has 0 N–H and O–H groups in total. The van der Waals surface area contributed by atoms with Crippen molar-refractivity contribution in [3.8, 4) is 0 Å². The van der Waals surface area contributed by atoms with Crippen molar-refractivity contribution in [3.05, 3.63) is 46.4 Å². The molecule has 0 radical (unpaired) electrons. The Bertz CT molecular complexity index is 594. The molecule has 0 spiro atoms. The Hall–Kier alpha value is -1.68. The third-order valence-corrected chi connectivity index (χ3v) is 4.36. The summed E-state index contributed by atoms with van der Waals surface area (Å²) in [6.07, 6.45) is 2.33. The molecule has 0 bridgehead atoms. The fraction of sp³-hybridized carbons (Fsp3) is 0.375. The summed E-state index contributed by atoms with van der Waals surface area (Å²) in [5, 5.41) is 2.01. The lowest BCUT2D eigenvalue weighted by Gasteiger charge is -2.33. The lowest BCUT2D eigenvalue weighted by molar-refractivity contribution is -0.118. The standard InChI is InChI=1S/C16H18N2OS/c1-12-8-13-4-2-3-5-15(13)18(9-12)16(19)7-6-14-10-20-11-17-14/h2-5,10-12H,6-9H2,1H3. The van der Waals surface area contributed by atoms with Gasteiger partial charge < -0.3 is 4.90 Å². The highest BCUT2D eigenvalue weighted by molar-refractivity contribution is 7.07. The number of rotatable bonds is 3. The molecule has 0 fully saturated rings. The maximum atomic E-state index is 12.5. The minimum absolute atomic E-state index is 0.206. The largest absolute Gasteiger partial charge is 0.312 e. The molecule has 0 aliphatic carbocycles. The molecule has 1 unspecified atom stereocenters. The fourth-order valence-electron chi connectivity index (χ4n) is 2.76. The van der Waals surface area contributed by atoms with Gasteiger partial charge in [0.25, 0.3) is 0 Å². The van der Waals surface area contributed by atoms with Gasteiger partial charge in [0, 0.05) is 24.0 Å². The zero-order chi connectivity index (χ0) is 13.9. The smallest absolute Gasteiger partial charge is 0.227 e. The van der Waals surface area contributed by atoms with Gasteiger partial charge in [-0.05, 0) is 30.4 Å². The number of nitrogens with zero attached hydrogens (tertiary/aromatic N) is 2. The molecule has 104 valence electrons. The average molecular weight is 286 g/mol. The molecule has 0 saturated carbocycles. The van der Waals surface area contributed by atoms with Gasteiger partial charge in [0.1, 0.15) is 0 Å². The topological polar surface area (TPSA) is 33.2 Å². The number of aryl methyl sites for hydroxylation is 1. The molecule has 3 nitrogen and oxygen atoms in total. The Morgan fingerprint density at radius 1 is 1.45 bits per heavy atom. The summed E-state index contributed by atoms with van der Waals surface area (Å²) >= 11 is 1.58. The van der Waals surface area contributed by atoms with Gasteiger partial charge in [-0.25, -0.2) is 4.98 Å². The van der Waals surface area contributed by atoms with Crippen LogP contribution in [-0.4, -0.2) is 17.4 Å². The molecular weight excluding hydrogens is 268 g/mol. The van der Waals surface area contributed by atoms with E-state index in [1.807, 2.05) is 21.9 Å². The molecule has 2 heterocycles. The lowest BCUT2D eigenvalue weighted by atomic mass is 9.93. The van der Waals surface area contributed by atoms with E-state index in [1.165, 1.54) is 5.56 Å². The Labute approximate surface area is 123 Å². The molecule has 2 aromatic rings. The molecule has 3 rings (SSSR count). The van der Waals surface area contributed by atoms with Crippen LogP contribution >= 0.6 is 11.3 Å². The monoisotopic (exact) mass is 286 g/mol. The molecule has 1 aliphatic heterocycles. The van der Waals surface area contributed by atoms with Crippen LogP contribution < -0.4 is 4.90 Å². The number of thiazole rings is 1. The summed E-state index contributed by atoms with van der Waals surface area (Å²) < 4.78 is 0. The highest BCUT2D eigenvalue weighted by Crippen LogP contribution is 2.29. The van der Waals surface area contributed by atoms with E-state index in [0.29, 0.717) is 12.3 Å². The number of hydrogen-bond donors (Lipinski definition) is 0. The molecule has 1 aliphatic rings. The van der Waals surface area contributed by atoms with E-state index < -0.39 is 0 Å². The second kappa shape index (κ2) is 5.75. The molecule has 1 atom stereocenters. The van der Waals surface area contributed by atoms with Crippen LogP contribution in [0.2, 0.25) is 0 Å². The van der Waals surface area contributed by atoms with Gasteiger partial charge in [-0.3, -0.25) is 4.79 Å². The van der Waals surface area contributed by atoms with Crippen LogP contribution in [0.3, 0.4) is 0 Å². The second-order valence-corrected chi connectivity index (χ2v) is 6.14. The molecular formula is C16H18N2OS. The summed E-state index contributed by atoms with van der Waals surface area (Å²) in [6.45, 7) is 3.03. The van der Waals surface area contributed by atoms with E-state index >= 15 is 0 Å². The SMILES string of the molecule is CC1Cc2ccccc2N(C(=O)CCc2cscn2)C1. The van der Waals surface area contributed by atoms with Crippen molar-refractivity contribution in [3.63, 3.8) is 0 Å².